The largest absolute Gasteiger partial charge is 0.573 e. The van der Waals surface area contributed by atoms with Gasteiger partial charge in [-0.3, -0.25) is 4.79 Å². The molecule has 1 heterocycles. The van der Waals surface area contributed by atoms with Crippen LogP contribution < -0.4 is 4.74 Å². The van der Waals surface area contributed by atoms with Crippen molar-refractivity contribution < 1.29 is 27.4 Å². The molecule has 1 aliphatic rings. The number of hydrogen-bond donors (Lipinski definition) is 0. The van der Waals surface area contributed by atoms with Crippen LogP contribution in [0.15, 0.2) is 24.3 Å². The lowest BCUT2D eigenvalue weighted by molar-refractivity contribution is -0.274. The normalized spacial score (nSPS) is 19.1. The summed E-state index contributed by atoms with van der Waals surface area (Å²) in [5, 5.41) is 0. The maximum atomic E-state index is 12.0. The van der Waals surface area contributed by atoms with Crippen LogP contribution in [0.3, 0.4) is 0 Å². The van der Waals surface area contributed by atoms with Crippen molar-refractivity contribution in [2.24, 2.45) is 0 Å². The van der Waals surface area contributed by atoms with Gasteiger partial charge in [-0.25, -0.2) is 0 Å². The van der Waals surface area contributed by atoms with Crippen molar-refractivity contribution in [3.8, 4) is 5.75 Å². The minimum atomic E-state index is -4.70. The van der Waals surface area contributed by atoms with Crippen molar-refractivity contribution in [3.63, 3.8) is 0 Å². The summed E-state index contributed by atoms with van der Waals surface area (Å²) in [6.07, 6.45) is -2.27. The number of benzene rings is 1. The third-order valence-corrected chi connectivity index (χ3v) is 3.04. The standard InChI is InChI=1S/C14H15F3O3/c15-14(16,17)20-12-5-3-10(4-6-12)8-11(18)9-13-2-1-7-19-13/h3-6,13H,1-2,7-9H2. The van der Waals surface area contributed by atoms with Gasteiger partial charge in [0.25, 0.3) is 0 Å². The summed E-state index contributed by atoms with van der Waals surface area (Å²) in [6, 6.07) is 5.35. The molecule has 20 heavy (non-hydrogen) atoms. The highest BCUT2D eigenvalue weighted by Crippen LogP contribution is 2.23. The summed E-state index contributed by atoms with van der Waals surface area (Å²) in [5.41, 5.74) is 0.669. The van der Waals surface area contributed by atoms with E-state index in [1.165, 1.54) is 24.3 Å². The van der Waals surface area contributed by atoms with E-state index in [4.69, 9.17) is 4.74 Å². The molecule has 1 unspecified atom stereocenters. The zero-order valence-electron chi connectivity index (χ0n) is 10.8. The molecule has 1 aromatic rings. The first-order valence-electron chi connectivity index (χ1n) is 6.40. The summed E-state index contributed by atoms with van der Waals surface area (Å²) >= 11 is 0. The van der Waals surface area contributed by atoms with Gasteiger partial charge in [0.2, 0.25) is 0 Å². The highest BCUT2D eigenvalue weighted by molar-refractivity contribution is 5.81. The van der Waals surface area contributed by atoms with Gasteiger partial charge in [-0.2, -0.15) is 0 Å². The molecule has 0 saturated carbocycles. The number of ether oxygens (including phenoxy) is 2. The molecule has 0 N–H and O–H groups in total. The summed E-state index contributed by atoms with van der Waals surface area (Å²) in [5.74, 6) is -0.255. The van der Waals surface area contributed by atoms with Crippen LogP contribution in [-0.4, -0.2) is 24.9 Å². The molecule has 0 aliphatic carbocycles. The molecule has 1 saturated heterocycles. The third-order valence-electron chi connectivity index (χ3n) is 3.04. The Kier molecular flexibility index (Phi) is 4.65. The molecule has 0 spiro atoms. The first-order valence-corrected chi connectivity index (χ1v) is 6.40. The van der Waals surface area contributed by atoms with Crippen LogP contribution in [0, 0.1) is 0 Å². The van der Waals surface area contributed by atoms with Crippen molar-refractivity contribution in [1.82, 2.24) is 0 Å². The molecule has 110 valence electrons. The fourth-order valence-electron chi connectivity index (χ4n) is 2.17. The zero-order valence-corrected chi connectivity index (χ0v) is 10.8. The molecule has 6 heteroatoms. The van der Waals surface area contributed by atoms with Crippen LogP contribution in [-0.2, 0) is 16.0 Å². The van der Waals surface area contributed by atoms with Gasteiger partial charge < -0.3 is 9.47 Å². The molecule has 1 fully saturated rings. The molecule has 0 aromatic heterocycles. The monoisotopic (exact) mass is 288 g/mol. The fourth-order valence-corrected chi connectivity index (χ4v) is 2.17. The topological polar surface area (TPSA) is 35.5 Å². The summed E-state index contributed by atoms with van der Waals surface area (Å²) in [4.78, 5) is 11.8. The number of carbonyl (C=O) groups is 1. The molecule has 0 bridgehead atoms. The molecule has 1 aromatic carbocycles. The van der Waals surface area contributed by atoms with Crippen molar-refractivity contribution >= 4 is 5.78 Å². The lowest BCUT2D eigenvalue weighted by atomic mass is 10.0. The highest BCUT2D eigenvalue weighted by Gasteiger charge is 2.31. The number of rotatable bonds is 5. The average Bonchev–Trinajstić information content (AvgIpc) is 2.82. The predicted octanol–water partition coefficient (Wildman–Crippen LogP) is 3.27. The second kappa shape index (κ2) is 6.26. The van der Waals surface area contributed by atoms with E-state index in [0.717, 1.165) is 12.8 Å². The van der Waals surface area contributed by atoms with Crippen LogP contribution in [0.25, 0.3) is 0 Å². The van der Waals surface area contributed by atoms with Crippen molar-refractivity contribution in [2.45, 2.75) is 38.1 Å². The lowest BCUT2D eigenvalue weighted by Gasteiger charge is -2.10. The fraction of sp³-hybridized carbons (Fsp3) is 0.500. The van der Waals surface area contributed by atoms with Gasteiger partial charge in [-0.05, 0) is 30.5 Å². The van der Waals surface area contributed by atoms with Gasteiger partial charge in [0, 0.05) is 19.4 Å². The Labute approximate surface area is 114 Å². The molecule has 0 amide bonds. The van der Waals surface area contributed by atoms with E-state index in [1.807, 2.05) is 0 Å². The van der Waals surface area contributed by atoms with Crippen LogP contribution in [0.4, 0.5) is 13.2 Å². The number of halogens is 3. The molecule has 3 nitrogen and oxygen atoms in total. The first kappa shape index (κ1) is 14.8. The zero-order chi connectivity index (χ0) is 14.6. The van der Waals surface area contributed by atoms with Crippen LogP contribution >= 0.6 is 0 Å². The van der Waals surface area contributed by atoms with E-state index in [0.29, 0.717) is 18.6 Å². The Morgan fingerprint density at radius 3 is 2.55 bits per heavy atom. The van der Waals surface area contributed by atoms with Crippen molar-refractivity contribution in [2.75, 3.05) is 6.61 Å². The minimum Gasteiger partial charge on any atom is -0.406 e. The molecule has 1 atom stereocenters. The lowest BCUT2D eigenvalue weighted by Crippen LogP contribution is -2.17. The quantitative estimate of drug-likeness (QED) is 0.834. The van der Waals surface area contributed by atoms with Gasteiger partial charge in [0.05, 0.1) is 6.10 Å². The second-order valence-corrected chi connectivity index (χ2v) is 4.75. The molecule has 2 rings (SSSR count). The smallest absolute Gasteiger partial charge is 0.406 e. The maximum absolute atomic E-state index is 12.0. The number of ketones is 1. The number of Topliss-reactive ketones (excluding diaryl/α,β-unsaturated/α-hetero) is 1. The van der Waals surface area contributed by atoms with Crippen LogP contribution in [0.1, 0.15) is 24.8 Å². The van der Waals surface area contributed by atoms with E-state index in [-0.39, 0.29) is 24.1 Å². The maximum Gasteiger partial charge on any atom is 0.573 e. The molecule has 0 radical (unpaired) electrons. The predicted molar refractivity (Wildman–Crippen MR) is 65.4 cm³/mol. The SMILES string of the molecule is O=C(Cc1ccc(OC(F)(F)F)cc1)CC1CCCO1. The van der Waals surface area contributed by atoms with E-state index < -0.39 is 6.36 Å². The van der Waals surface area contributed by atoms with Crippen molar-refractivity contribution in [1.29, 1.82) is 0 Å². The molecule has 1 aliphatic heterocycles. The number of hydrogen-bond acceptors (Lipinski definition) is 3. The number of alkyl halides is 3. The molecular weight excluding hydrogens is 273 g/mol. The molecular formula is C14H15F3O3. The third kappa shape index (κ3) is 4.85. The Morgan fingerprint density at radius 2 is 2.00 bits per heavy atom. The Morgan fingerprint density at radius 1 is 1.30 bits per heavy atom. The van der Waals surface area contributed by atoms with Gasteiger partial charge >= 0.3 is 6.36 Å². The van der Waals surface area contributed by atoms with Crippen LogP contribution in [0.5, 0.6) is 5.75 Å². The summed E-state index contributed by atoms with van der Waals surface area (Å²) in [6.45, 7) is 0.696. The minimum absolute atomic E-state index is 0.00432. The number of carbonyl (C=O) groups excluding carboxylic acids is 1. The Hall–Kier alpha value is -1.56. The van der Waals surface area contributed by atoms with Crippen LogP contribution in [0.2, 0.25) is 0 Å². The van der Waals surface area contributed by atoms with Crippen molar-refractivity contribution in [3.05, 3.63) is 29.8 Å². The Balaban J connectivity index is 1.85. The summed E-state index contributed by atoms with van der Waals surface area (Å²) in [7, 11) is 0. The van der Waals surface area contributed by atoms with Gasteiger partial charge in [-0.1, -0.05) is 12.1 Å². The van der Waals surface area contributed by atoms with Gasteiger partial charge in [0.15, 0.2) is 0 Å². The second-order valence-electron chi connectivity index (χ2n) is 4.75. The van der Waals surface area contributed by atoms with Gasteiger partial charge in [0.1, 0.15) is 11.5 Å². The van der Waals surface area contributed by atoms with Gasteiger partial charge in [-0.15, -0.1) is 13.2 Å². The average molecular weight is 288 g/mol. The summed E-state index contributed by atoms with van der Waals surface area (Å²) < 4.78 is 45.1. The van der Waals surface area contributed by atoms with E-state index in [1.54, 1.807) is 0 Å². The Bertz CT molecular complexity index is 448. The van der Waals surface area contributed by atoms with E-state index in [9.17, 15) is 18.0 Å². The van der Waals surface area contributed by atoms with E-state index in [2.05, 4.69) is 4.74 Å². The van der Waals surface area contributed by atoms with E-state index >= 15 is 0 Å². The highest BCUT2D eigenvalue weighted by atomic mass is 19.4. The first-order chi connectivity index (χ1) is 9.42.